The van der Waals surface area contributed by atoms with Crippen LogP contribution < -0.4 is 49.5 Å². The monoisotopic (exact) mass is 838 g/mol. The van der Waals surface area contributed by atoms with Gasteiger partial charge in [0.1, 0.15) is 24.2 Å². The van der Waals surface area contributed by atoms with Crippen LogP contribution in [0.4, 0.5) is 11.4 Å². The molecule has 62 heavy (non-hydrogen) atoms. The molecule has 15 heteroatoms. The molecule has 4 atom stereocenters. The SMILES string of the molecule is NCCCC[C@H]1NC(=O)[C@@H](Cc2ccccc2)NC(=O)[C@H](CN)NC(=O)c2cccc3c(Nc4ccc(CN)cc4)cc(nc23)-c2ccc(cc2)C/C=C/C[C@@H](C(N)=O)NC1=O. The van der Waals surface area contributed by atoms with Crippen LogP contribution in [-0.4, -0.2) is 71.8 Å². The number of unbranched alkanes of at least 4 members (excludes halogenated alkanes) is 1. The van der Waals surface area contributed by atoms with E-state index in [9.17, 15) is 24.0 Å². The summed E-state index contributed by atoms with van der Waals surface area (Å²) >= 11 is 0. The predicted octanol–water partition coefficient (Wildman–Crippen LogP) is 2.98. The molecule has 15 nitrogen and oxygen atoms in total. The van der Waals surface area contributed by atoms with E-state index in [0.717, 1.165) is 27.9 Å². The Labute approximate surface area is 360 Å². The van der Waals surface area contributed by atoms with Crippen molar-refractivity contribution < 1.29 is 24.0 Å². The van der Waals surface area contributed by atoms with Gasteiger partial charge in [0.05, 0.1) is 22.5 Å². The topological polar surface area (TPSA) is 262 Å². The maximum atomic E-state index is 14.2. The molecule has 13 N–H and O–H groups in total. The number of nitrogens with zero attached hydrogens (tertiary/aromatic N) is 1. The van der Waals surface area contributed by atoms with Crippen LogP contribution in [0.15, 0.2) is 115 Å². The first-order chi connectivity index (χ1) is 30.1. The summed E-state index contributed by atoms with van der Waals surface area (Å²) in [5.41, 5.74) is 29.6. The number of rotatable bonds is 11. The van der Waals surface area contributed by atoms with Crippen molar-refractivity contribution in [2.24, 2.45) is 22.9 Å². The maximum Gasteiger partial charge on any atom is 0.254 e. The van der Waals surface area contributed by atoms with Crippen molar-refractivity contribution in [2.45, 2.75) is 69.2 Å². The van der Waals surface area contributed by atoms with Crippen molar-refractivity contribution in [3.05, 3.63) is 138 Å². The van der Waals surface area contributed by atoms with Crippen LogP contribution in [0.2, 0.25) is 0 Å². The highest BCUT2D eigenvalue weighted by molar-refractivity contribution is 6.10. The number of hydrogen-bond donors (Lipinski definition) is 9. The van der Waals surface area contributed by atoms with Gasteiger partial charge < -0.3 is 49.5 Å². The second kappa shape index (κ2) is 21.5. The van der Waals surface area contributed by atoms with Gasteiger partial charge in [-0.1, -0.05) is 91.0 Å². The number of para-hydroxylation sites is 1. The van der Waals surface area contributed by atoms with E-state index in [4.69, 9.17) is 27.9 Å². The second-order valence-corrected chi connectivity index (χ2v) is 15.2. The molecule has 0 fully saturated rings. The van der Waals surface area contributed by atoms with Gasteiger partial charge in [0.2, 0.25) is 23.6 Å². The Bertz CT molecular complexity index is 2390. The molecule has 2 aliphatic rings. The number of carbonyl (C=O) groups excluding carboxylic acids is 5. The number of hydrogen-bond acceptors (Lipinski definition) is 10. The van der Waals surface area contributed by atoms with Crippen molar-refractivity contribution in [1.29, 1.82) is 0 Å². The highest BCUT2D eigenvalue weighted by atomic mass is 16.2. The van der Waals surface area contributed by atoms with Crippen LogP contribution >= 0.6 is 0 Å². The normalized spacial score (nSPS) is 19.5. The average molecular weight is 839 g/mol. The summed E-state index contributed by atoms with van der Waals surface area (Å²) in [6.45, 7) is 0.472. The summed E-state index contributed by atoms with van der Waals surface area (Å²) in [6, 6.07) is 27.1. The van der Waals surface area contributed by atoms with Gasteiger partial charge in [-0.15, -0.1) is 0 Å². The summed E-state index contributed by atoms with van der Waals surface area (Å²) in [4.78, 5) is 73.7. The lowest BCUT2D eigenvalue weighted by Gasteiger charge is -2.26. The number of carbonyl (C=O) groups is 5. The minimum Gasteiger partial charge on any atom is -0.368 e. The largest absolute Gasteiger partial charge is 0.368 e. The number of amides is 5. The molecule has 4 bridgehead atoms. The van der Waals surface area contributed by atoms with Crippen LogP contribution in [0, 0.1) is 0 Å². The number of benzene rings is 4. The second-order valence-electron chi connectivity index (χ2n) is 15.2. The van der Waals surface area contributed by atoms with Crippen molar-refractivity contribution in [3.63, 3.8) is 0 Å². The van der Waals surface area contributed by atoms with Crippen molar-refractivity contribution >= 4 is 51.8 Å². The molecule has 2 aliphatic heterocycles. The Morgan fingerprint density at radius 1 is 0.710 bits per heavy atom. The standard InChI is InChI=1S/C47H54N10O5/c48-24-7-6-15-37-45(60)54-36(43(51)58)14-5-4-9-29-16-20-32(21-17-29)38-26-39(52-33-22-18-31(27-49)19-23-33)34-12-8-13-35(42(34)53-38)44(59)57-41(28-50)47(62)56-40(46(61)55-37)25-30-10-2-1-3-11-30/h1-5,8,10-13,16-23,26,36-37,40-41H,6-7,9,14-15,24-25,27-28,48-50H2,(H2,51,58)(H,52,53)(H,54,60)(H,55,61)(H,56,62)(H,57,59)/b5-4+/t36-,37+,40+,41-/m0/s1. The van der Waals surface area contributed by atoms with E-state index in [-0.39, 0.29) is 31.4 Å². The third-order valence-electron chi connectivity index (χ3n) is 10.7. The number of fused-ring (bicyclic) bond motifs is 16. The van der Waals surface area contributed by atoms with Crippen molar-refractivity contribution in [2.75, 3.05) is 18.4 Å². The molecule has 4 aromatic carbocycles. The lowest BCUT2D eigenvalue weighted by Crippen LogP contribution is -2.59. The molecule has 3 heterocycles. The molecular formula is C47H54N10O5. The lowest BCUT2D eigenvalue weighted by molar-refractivity contribution is -0.133. The first kappa shape index (κ1) is 44.6. The first-order valence-corrected chi connectivity index (χ1v) is 20.8. The van der Waals surface area contributed by atoms with Gasteiger partial charge in [-0.05, 0) is 79.6 Å². The highest BCUT2D eigenvalue weighted by Gasteiger charge is 2.31. The average Bonchev–Trinajstić information content (AvgIpc) is 3.28. The fourth-order valence-corrected chi connectivity index (χ4v) is 7.18. The summed E-state index contributed by atoms with van der Waals surface area (Å²) in [5, 5.41) is 15.2. The molecule has 0 spiro atoms. The smallest absolute Gasteiger partial charge is 0.254 e. The van der Waals surface area contributed by atoms with Gasteiger partial charge in [-0.3, -0.25) is 24.0 Å². The zero-order valence-electron chi connectivity index (χ0n) is 34.4. The molecule has 1 aromatic heterocycles. The molecule has 7 rings (SSSR count). The number of allylic oxidation sites excluding steroid dienone is 1. The molecule has 322 valence electrons. The Morgan fingerprint density at radius 2 is 1.42 bits per heavy atom. The number of aromatic nitrogens is 1. The van der Waals surface area contributed by atoms with Crippen molar-refractivity contribution in [3.8, 4) is 11.3 Å². The summed E-state index contributed by atoms with van der Waals surface area (Å²) in [7, 11) is 0. The molecular weight excluding hydrogens is 785 g/mol. The third-order valence-corrected chi connectivity index (χ3v) is 10.7. The van der Waals surface area contributed by atoms with Crippen molar-refractivity contribution in [1.82, 2.24) is 26.3 Å². The fraction of sp³-hybridized carbons (Fsp3) is 0.277. The predicted molar refractivity (Wildman–Crippen MR) is 241 cm³/mol. The zero-order chi connectivity index (χ0) is 44.0. The highest BCUT2D eigenvalue weighted by Crippen LogP contribution is 2.33. The van der Waals surface area contributed by atoms with Gasteiger partial charge in [0, 0.05) is 36.1 Å². The van der Waals surface area contributed by atoms with E-state index in [2.05, 4.69) is 26.6 Å². The Morgan fingerprint density at radius 3 is 2.11 bits per heavy atom. The zero-order valence-corrected chi connectivity index (χ0v) is 34.4. The number of primary amides is 1. The van der Waals surface area contributed by atoms with E-state index in [1.807, 2.05) is 72.8 Å². The van der Waals surface area contributed by atoms with E-state index in [0.29, 0.717) is 54.6 Å². The van der Waals surface area contributed by atoms with Gasteiger partial charge in [-0.25, -0.2) is 4.98 Å². The third kappa shape index (κ3) is 11.7. The fourth-order valence-electron chi connectivity index (χ4n) is 7.18. The Kier molecular flexibility index (Phi) is 15.5. The molecule has 0 radical (unpaired) electrons. The van der Waals surface area contributed by atoms with Crippen LogP contribution in [0.1, 0.15) is 52.7 Å². The van der Waals surface area contributed by atoms with E-state index in [1.54, 1.807) is 42.5 Å². The number of nitrogens with two attached hydrogens (primary N) is 4. The molecule has 0 saturated carbocycles. The number of nitrogens with one attached hydrogen (secondary N) is 5. The molecule has 0 saturated heterocycles. The summed E-state index contributed by atoms with van der Waals surface area (Å²) in [5.74, 6) is -3.32. The quantitative estimate of drug-likeness (QED) is 0.0534. The van der Waals surface area contributed by atoms with E-state index >= 15 is 0 Å². The molecule has 0 aliphatic carbocycles. The summed E-state index contributed by atoms with van der Waals surface area (Å²) in [6.07, 6.45) is 5.65. The van der Waals surface area contributed by atoms with Crippen LogP contribution in [0.25, 0.3) is 22.2 Å². The first-order valence-electron chi connectivity index (χ1n) is 20.8. The minimum atomic E-state index is -1.27. The van der Waals surface area contributed by atoms with E-state index < -0.39 is 53.7 Å². The van der Waals surface area contributed by atoms with E-state index in [1.165, 1.54) is 0 Å². The lowest BCUT2D eigenvalue weighted by atomic mass is 10.0. The Hall–Kier alpha value is -6.94. The molecule has 0 unspecified atom stereocenters. The van der Waals surface area contributed by atoms with Gasteiger partial charge in [0.15, 0.2) is 0 Å². The van der Waals surface area contributed by atoms with Gasteiger partial charge >= 0.3 is 0 Å². The van der Waals surface area contributed by atoms with Gasteiger partial charge in [0.25, 0.3) is 5.91 Å². The van der Waals surface area contributed by atoms with Gasteiger partial charge in [-0.2, -0.15) is 0 Å². The van der Waals surface area contributed by atoms with Crippen LogP contribution in [0.5, 0.6) is 0 Å². The Balaban J connectivity index is 1.41. The van der Waals surface area contributed by atoms with Crippen LogP contribution in [-0.2, 0) is 38.6 Å². The number of anilines is 2. The molecule has 5 amide bonds. The molecule has 5 aromatic rings. The number of pyridine rings is 1. The van der Waals surface area contributed by atoms with Crippen LogP contribution in [0.3, 0.4) is 0 Å². The minimum absolute atomic E-state index is 0.0526. The summed E-state index contributed by atoms with van der Waals surface area (Å²) < 4.78 is 0. The maximum absolute atomic E-state index is 14.2.